The third kappa shape index (κ3) is 2.99. The van der Waals surface area contributed by atoms with E-state index in [0.29, 0.717) is 5.91 Å². The van der Waals surface area contributed by atoms with Crippen molar-refractivity contribution < 1.29 is 9.90 Å². The van der Waals surface area contributed by atoms with E-state index in [1.54, 1.807) is 0 Å². The smallest absolute Gasteiger partial charge is 0.226 e. The van der Waals surface area contributed by atoms with E-state index in [-0.39, 0.29) is 17.9 Å². The van der Waals surface area contributed by atoms with E-state index in [4.69, 9.17) is 0 Å². The average Bonchev–Trinajstić information content (AvgIpc) is 2.40. The molecule has 0 aromatic carbocycles. The van der Waals surface area contributed by atoms with Gasteiger partial charge >= 0.3 is 0 Å². The molecule has 4 nitrogen and oxygen atoms in total. The van der Waals surface area contributed by atoms with Gasteiger partial charge in [-0.15, -0.1) is 0 Å². The van der Waals surface area contributed by atoms with E-state index in [2.05, 4.69) is 12.2 Å². The zero-order chi connectivity index (χ0) is 12.3. The highest BCUT2D eigenvalue weighted by Crippen LogP contribution is 2.31. The first kappa shape index (κ1) is 12.8. The van der Waals surface area contributed by atoms with Crippen LogP contribution in [0, 0.1) is 11.3 Å². The number of amides is 1. The molecule has 0 saturated carbocycles. The number of aliphatic hydroxyl groups excluding tert-OH is 1. The molecule has 2 aliphatic rings. The molecule has 17 heavy (non-hydrogen) atoms. The number of hydrogen-bond acceptors (Lipinski definition) is 3. The number of carbonyl (C=O) groups is 1. The topological polar surface area (TPSA) is 52.6 Å². The number of piperidine rings is 2. The fourth-order valence-corrected chi connectivity index (χ4v) is 2.75. The van der Waals surface area contributed by atoms with E-state index >= 15 is 0 Å². The lowest BCUT2D eigenvalue weighted by atomic mass is 9.81. The van der Waals surface area contributed by atoms with Crippen LogP contribution < -0.4 is 5.32 Å². The summed E-state index contributed by atoms with van der Waals surface area (Å²) in [6, 6.07) is 0. The summed E-state index contributed by atoms with van der Waals surface area (Å²) in [5.74, 6) is 0.499. The molecule has 2 saturated heterocycles. The highest BCUT2D eigenvalue weighted by molar-refractivity contribution is 5.79. The molecule has 2 fully saturated rings. The zero-order valence-corrected chi connectivity index (χ0v) is 10.7. The molecule has 0 spiro atoms. The summed E-state index contributed by atoms with van der Waals surface area (Å²) in [4.78, 5) is 14.3. The van der Waals surface area contributed by atoms with Crippen LogP contribution in [0.4, 0.5) is 0 Å². The third-order valence-corrected chi connectivity index (χ3v) is 4.31. The summed E-state index contributed by atoms with van der Waals surface area (Å²) < 4.78 is 0. The lowest BCUT2D eigenvalue weighted by Crippen LogP contribution is -2.48. The molecule has 2 aliphatic heterocycles. The molecule has 0 aromatic rings. The molecule has 2 N–H and O–H groups in total. The number of nitrogens with zero attached hydrogens (tertiary/aromatic N) is 1. The standard InChI is InChI=1S/C13H24N2O2/c1-13(10-16)4-7-15(8-5-13)12(17)11-3-2-6-14-9-11/h11,14,16H,2-10H2,1H3/t11-/m0/s1. The van der Waals surface area contributed by atoms with E-state index < -0.39 is 0 Å². The molecular weight excluding hydrogens is 216 g/mol. The second kappa shape index (κ2) is 5.36. The highest BCUT2D eigenvalue weighted by atomic mass is 16.3. The van der Waals surface area contributed by atoms with Crippen LogP contribution >= 0.6 is 0 Å². The maximum Gasteiger partial charge on any atom is 0.226 e. The maximum atomic E-state index is 12.3. The van der Waals surface area contributed by atoms with Crippen molar-refractivity contribution in [2.75, 3.05) is 32.8 Å². The monoisotopic (exact) mass is 240 g/mol. The van der Waals surface area contributed by atoms with Crippen LogP contribution in [0.15, 0.2) is 0 Å². The highest BCUT2D eigenvalue weighted by Gasteiger charge is 2.33. The van der Waals surface area contributed by atoms with Gasteiger partial charge in [0.05, 0.1) is 5.92 Å². The van der Waals surface area contributed by atoms with Gasteiger partial charge in [-0.25, -0.2) is 0 Å². The first-order valence-corrected chi connectivity index (χ1v) is 6.75. The van der Waals surface area contributed by atoms with Crippen molar-refractivity contribution in [3.8, 4) is 0 Å². The van der Waals surface area contributed by atoms with Crippen LogP contribution in [0.5, 0.6) is 0 Å². The van der Waals surface area contributed by atoms with Gasteiger partial charge in [-0.2, -0.15) is 0 Å². The molecule has 1 amide bonds. The van der Waals surface area contributed by atoms with Crippen LogP contribution in [0.1, 0.15) is 32.6 Å². The van der Waals surface area contributed by atoms with Gasteiger partial charge in [-0.05, 0) is 37.6 Å². The molecule has 0 radical (unpaired) electrons. The van der Waals surface area contributed by atoms with E-state index in [0.717, 1.165) is 51.9 Å². The molecule has 4 heteroatoms. The number of hydrogen-bond donors (Lipinski definition) is 2. The Morgan fingerprint density at radius 3 is 2.71 bits per heavy atom. The van der Waals surface area contributed by atoms with E-state index in [1.165, 1.54) is 0 Å². The number of rotatable bonds is 2. The van der Waals surface area contributed by atoms with Crippen LogP contribution in [0.25, 0.3) is 0 Å². The second-order valence-corrected chi connectivity index (χ2v) is 5.84. The van der Waals surface area contributed by atoms with Crippen LogP contribution in [-0.2, 0) is 4.79 Å². The van der Waals surface area contributed by atoms with Crippen molar-refractivity contribution in [2.45, 2.75) is 32.6 Å². The number of carbonyl (C=O) groups excluding carboxylic acids is 1. The Bertz CT molecular complexity index is 267. The van der Waals surface area contributed by atoms with Crippen molar-refractivity contribution in [1.29, 1.82) is 0 Å². The Morgan fingerprint density at radius 1 is 1.47 bits per heavy atom. The van der Waals surface area contributed by atoms with Gasteiger partial charge < -0.3 is 15.3 Å². The Morgan fingerprint density at radius 2 is 2.18 bits per heavy atom. The minimum atomic E-state index is 0.0294. The molecule has 0 bridgehead atoms. The van der Waals surface area contributed by atoms with Crippen molar-refractivity contribution in [3.05, 3.63) is 0 Å². The molecule has 1 atom stereocenters. The van der Waals surface area contributed by atoms with Gasteiger partial charge in [-0.1, -0.05) is 6.92 Å². The Kier molecular flexibility index (Phi) is 4.05. The predicted molar refractivity (Wildman–Crippen MR) is 66.6 cm³/mol. The molecule has 0 aliphatic carbocycles. The number of likely N-dealkylation sites (tertiary alicyclic amines) is 1. The average molecular weight is 240 g/mol. The van der Waals surface area contributed by atoms with Gasteiger partial charge in [0.15, 0.2) is 0 Å². The minimum absolute atomic E-state index is 0.0294. The van der Waals surface area contributed by atoms with Gasteiger partial charge in [-0.3, -0.25) is 4.79 Å². The molecule has 0 unspecified atom stereocenters. The van der Waals surface area contributed by atoms with Crippen LogP contribution in [-0.4, -0.2) is 48.7 Å². The normalized spacial score (nSPS) is 29.1. The Labute approximate surface area is 103 Å². The first-order valence-electron chi connectivity index (χ1n) is 6.75. The van der Waals surface area contributed by atoms with Gasteiger partial charge in [0.2, 0.25) is 5.91 Å². The van der Waals surface area contributed by atoms with Crippen molar-refractivity contribution in [1.82, 2.24) is 10.2 Å². The zero-order valence-electron chi connectivity index (χ0n) is 10.7. The fraction of sp³-hybridized carbons (Fsp3) is 0.923. The SMILES string of the molecule is CC1(CO)CCN(C(=O)[C@H]2CCCNC2)CC1. The summed E-state index contributed by atoms with van der Waals surface area (Å²) in [5, 5.41) is 12.6. The quantitative estimate of drug-likeness (QED) is 0.743. The Hall–Kier alpha value is -0.610. The molecule has 2 rings (SSSR count). The molecule has 98 valence electrons. The molecule has 2 heterocycles. The summed E-state index contributed by atoms with van der Waals surface area (Å²) in [5.41, 5.74) is 0.0294. The molecular formula is C13H24N2O2. The van der Waals surface area contributed by atoms with E-state index in [9.17, 15) is 9.90 Å². The predicted octanol–water partition coefficient (Wildman–Crippen LogP) is 0.607. The largest absolute Gasteiger partial charge is 0.396 e. The summed E-state index contributed by atoms with van der Waals surface area (Å²) >= 11 is 0. The summed E-state index contributed by atoms with van der Waals surface area (Å²) in [6.45, 7) is 5.86. The first-order chi connectivity index (χ1) is 8.14. The minimum Gasteiger partial charge on any atom is -0.396 e. The van der Waals surface area contributed by atoms with E-state index in [1.807, 2.05) is 4.90 Å². The third-order valence-electron chi connectivity index (χ3n) is 4.31. The van der Waals surface area contributed by atoms with Crippen molar-refractivity contribution in [3.63, 3.8) is 0 Å². The fourth-order valence-electron chi connectivity index (χ4n) is 2.75. The lowest BCUT2D eigenvalue weighted by Gasteiger charge is -2.40. The Balaban J connectivity index is 1.85. The van der Waals surface area contributed by atoms with Gasteiger partial charge in [0.1, 0.15) is 0 Å². The molecule has 0 aromatic heterocycles. The van der Waals surface area contributed by atoms with Crippen LogP contribution in [0.3, 0.4) is 0 Å². The van der Waals surface area contributed by atoms with Gasteiger partial charge in [0.25, 0.3) is 0 Å². The van der Waals surface area contributed by atoms with Crippen molar-refractivity contribution in [2.24, 2.45) is 11.3 Å². The van der Waals surface area contributed by atoms with Crippen LogP contribution in [0.2, 0.25) is 0 Å². The number of aliphatic hydroxyl groups is 1. The van der Waals surface area contributed by atoms with Crippen molar-refractivity contribution >= 4 is 5.91 Å². The maximum absolute atomic E-state index is 12.3. The van der Waals surface area contributed by atoms with Gasteiger partial charge in [0, 0.05) is 26.2 Å². The second-order valence-electron chi connectivity index (χ2n) is 5.84. The number of nitrogens with one attached hydrogen (secondary N) is 1. The summed E-state index contributed by atoms with van der Waals surface area (Å²) in [7, 11) is 0. The summed E-state index contributed by atoms with van der Waals surface area (Å²) in [6.07, 6.45) is 3.99. The lowest BCUT2D eigenvalue weighted by molar-refractivity contribution is -0.138.